The fourth-order valence-corrected chi connectivity index (χ4v) is 3.23. The van der Waals surface area contributed by atoms with E-state index in [2.05, 4.69) is 38.4 Å². The molecule has 0 saturated heterocycles. The van der Waals surface area contributed by atoms with Gasteiger partial charge in [0.05, 0.1) is 12.8 Å². The molecule has 2 heterocycles. The largest absolute Gasteiger partial charge is 0.494 e. The first-order valence-electron chi connectivity index (χ1n) is 9.80. The number of ether oxygens (including phenoxy) is 1. The van der Waals surface area contributed by atoms with Crippen LogP contribution in [0.5, 0.6) is 5.75 Å². The van der Waals surface area contributed by atoms with E-state index >= 15 is 0 Å². The van der Waals surface area contributed by atoms with E-state index in [9.17, 15) is 4.79 Å². The van der Waals surface area contributed by atoms with Gasteiger partial charge in [-0.3, -0.25) is 9.78 Å². The molecule has 4 aromatic rings. The van der Waals surface area contributed by atoms with E-state index in [1.807, 2.05) is 42.5 Å². The third kappa shape index (κ3) is 4.72. The van der Waals surface area contributed by atoms with Crippen molar-refractivity contribution in [1.82, 2.24) is 15.0 Å². The van der Waals surface area contributed by atoms with E-state index in [1.165, 1.54) is 0 Å². The standard InChI is InChI=1S/C24H22N4O2/c29-24(19-11-13-25-14-12-19)27-26-17-20-18-28(23-10-5-4-9-22(20)23)15-6-16-30-21-7-2-1-3-8-21/h1-5,7-14,17-18H,6,15-16H2,(H,27,29)/b26-17+. The summed E-state index contributed by atoms with van der Waals surface area (Å²) in [5.41, 5.74) is 5.15. The lowest BCUT2D eigenvalue weighted by molar-refractivity contribution is 0.0955. The van der Waals surface area contributed by atoms with Crippen LogP contribution in [-0.2, 0) is 6.54 Å². The molecule has 0 bridgehead atoms. The molecule has 150 valence electrons. The zero-order chi connectivity index (χ0) is 20.6. The van der Waals surface area contributed by atoms with Crippen LogP contribution in [0.3, 0.4) is 0 Å². The van der Waals surface area contributed by atoms with Gasteiger partial charge in [-0.25, -0.2) is 5.43 Å². The van der Waals surface area contributed by atoms with E-state index in [0.717, 1.165) is 35.2 Å². The first-order valence-corrected chi connectivity index (χ1v) is 9.80. The van der Waals surface area contributed by atoms with Crippen LogP contribution in [0.2, 0.25) is 0 Å². The third-order valence-corrected chi connectivity index (χ3v) is 4.69. The molecule has 1 amide bonds. The van der Waals surface area contributed by atoms with Gasteiger partial charge in [-0.1, -0.05) is 36.4 Å². The molecule has 0 atom stereocenters. The smallest absolute Gasteiger partial charge is 0.271 e. The summed E-state index contributed by atoms with van der Waals surface area (Å²) in [6.45, 7) is 1.46. The predicted octanol–water partition coefficient (Wildman–Crippen LogP) is 4.27. The molecule has 1 N–H and O–H groups in total. The van der Waals surface area contributed by atoms with E-state index in [0.29, 0.717) is 12.2 Å². The molecule has 2 aromatic heterocycles. The highest BCUT2D eigenvalue weighted by molar-refractivity contribution is 6.00. The minimum atomic E-state index is -0.268. The molecule has 6 nitrogen and oxygen atoms in total. The van der Waals surface area contributed by atoms with Gasteiger partial charge in [0.25, 0.3) is 5.91 Å². The summed E-state index contributed by atoms with van der Waals surface area (Å²) in [6.07, 6.45) is 7.76. The maximum Gasteiger partial charge on any atom is 0.271 e. The minimum Gasteiger partial charge on any atom is -0.494 e. The second kappa shape index (κ2) is 9.52. The van der Waals surface area contributed by atoms with Crippen LogP contribution < -0.4 is 10.2 Å². The summed E-state index contributed by atoms with van der Waals surface area (Å²) in [5.74, 6) is 0.614. The summed E-state index contributed by atoms with van der Waals surface area (Å²) < 4.78 is 7.98. The molecule has 2 aromatic carbocycles. The highest BCUT2D eigenvalue weighted by Gasteiger charge is 2.07. The summed E-state index contributed by atoms with van der Waals surface area (Å²) in [4.78, 5) is 16.0. The zero-order valence-electron chi connectivity index (χ0n) is 16.4. The van der Waals surface area contributed by atoms with Crippen molar-refractivity contribution in [3.05, 3.63) is 96.4 Å². The number of aryl methyl sites for hydroxylation is 1. The summed E-state index contributed by atoms with van der Waals surface area (Å²) in [5, 5.41) is 5.22. The number of nitrogens with zero attached hydrogens (tertiary/aromatic N) is 3. The Morgan fingerprint density at radius 2 is 1.80 bits per heavy atom. The maximum atomic E-state index is 12.1. The van der Waals surface area contributed by atoms with Crippen LogP contribution in [-0.4, -0.2) is 28.3 Å². The van der Waals surface area contributed by atoms with E-state index in [4.69, 9.17) is 4.74 Å². The van der Waals surface area contributed by atoms with E-state index in [1.54, 1.807) is 30.7 Å². The lowest BCUT2D eigenvalue weighted by Crippen LogP contribution is -2.17. The van der Waals surface area contributed by atoms with Crippen LogP contribution in [0.15, 0.2) is 90.4 Å². The van der Waals surface area contributed by atoms with Gasteiger partial charge in [-0.2, -0.15) is 5.10 Å². The zero-order valence-corrected chi connectivity index (χ0v) is 16.4. The van der Waals surface area contributed by atoms with Crippen molar-refractivity contribution in [2.45, 2.75) is 13.0 Å². The number of pyridine rings is 1. The van der Waals surface area contributed by atoms with Crippen molar-refractivity contribution < 1.29 is 9.53 Å². The first kappa shape index (κ1) is 19.4. The molecule has 0 unspecified atom stereocenters. The van der Waals surface area contributed by atoms with Gasteiger partial charge in [0, 0.05) is 47.2 Å². The lowest BCUT2D eigenvalue weighted by atomic mass is 10.2. The Bertz CT molecular complexity index is 1140. The number of carbonyl (C=O) groups excluding carboxylic acids is 1. The van der Waals surface area contributed by atoms with Crippen molar-refractivity contribution in [1.29, 1.82) is 0 Å². The molecule has 4 rings (SSSR count). The number of rotatable bonds is 8. The van der Waals surface area contributed by atoms with Crippen LogP contribution in [0.1, 0.15) is 22.3 Å². The van der Waals surface area contributed by atoms with Crippen LogP contribution in [0, 0.1) is 0 Å². The van der Waals surface area contributed by atoms with Gasteiger partial charge < -0.3 is 9.30 Å². The predicted molar refractivity (Wildman–Crippen MR) is 118 cm³/mol. The summed E-state index contributed by atoms with van der Waals surface area (Å²) >= 11 is 0. The van der Waals surface area contributed by atoms with Crippen LogP contribution in [0.4, 0.5) is 0 Å². The van der Waals surface area contributed by atoms with E-state index in [-0.39, 0.29) is 5.91 Å². The lowest BCUT2D eigenvalue weighted by Gasteiger charge is -2.07. The fraction of sp³-hybridized carbons (Fsp3) is 0.125. The molecule has 0 aliphatic rings. The monoisotopic (exact) mass is 398 g/mol. The molecule has 6 heteroatoms. The third-order valence-electron chi connectivity index (χ3n) is 4.69. The normalized spacial score (nSPS) is 11.1. The summed E-state index contributed by atoms with van der Waals surface area (Å²) in [6, 6.07) is 21.3. The van der Waals surface area contributed by atoms with Crippen molar-refractivity contribution in [3.63, 3.8) is 0 Å². The second-order valence-electron chi connectivity index (χ2n) is 6.75. The van der Waals surface area contributed by atoms with Crippen molar-refractivity contribution in [2.75, 3.05) is 6.61 Å². The molecular weight excluding hydrogens is 376 g/mol. The van der Waals surface area contributed by atoms with Crippen molar-refractivity contribution in [2.24, 2.45) is 5.10 Å². The van der Waals surface area contributed by atoms with Gasteiger partial charge in [0.2, 0.25) is 0 Å². The molecule has 0 radical (unpaired) electrons. The molecule has 30 heavy (non-hydrogen) atoms. The molecular formula is C24H22N4O2. The Morgan fingerprint density at radius 3 is 2.63 bits per heavy atom. The topological polar surface area (TPSA) is 68.5 Å². The maximum absolute atomic E-state index is 12.1. The number of hydrazone groups is 1. The van der Waals surface area contributed by atoms with Crippen molar-refractivity contribution >= 4 is 23.0 Å². The molecule has 0 saturated carbocycles. The molecule has 0 fully saturated rings. The SMILES string of the molecule is O=C(N/N=C/c1cn(CCCOc2ccccc2)c2ccccc12)c1ccncc1. The molecule has 0 aliphatic carbocycles. The quantitative estimate of drug-likeness (QED) is 0.274. The highest BCUT2D eigenvalue weighted by atomic mass is 16.5. The Morgan fingerprint density at radius 1 is 1.03 bits per heavy atom. The number of carbonyl (C=O) groups is 1. The second-order valence-corrected chi connectivity index (χ2v) is 6.75. The van der Waals surface area contributed by atoms with Gasteiger partial charge in [-0.05, 0) is 36.8 Å². The molecule has 0 spiro atoms. The Balaban J connectivity index is 1.41. The van der Waals surface area contributed by atoms with Gasteiger partial charge in [-0.15, -0.1) is 0 Å². The average molecular weight is 398 g/mol. The number of nitrogens with one attached hydrogen (secondary N) is 1. The van der Waals surface area contributed by atoms with Crippen LogP contribution in [0.25, 0.3) is 10.9 Å². The number of benzene rings is 2. The number of hydrogen-bond donors (Lipinski definition) is 1. The first-order chi connectivity index (χ1) is 14.8. The van der Waals surface area contributed by atoms with E-state index < -0.39 is 0 Å². The van der Waals surface area contributed by atoms with Gasteiger partial charge in [0.15, 0.2) is 0 Å². The number of para-hydroxylation sites is 2. The van der Waals surface area contributed by atoms with Gasteiger partial charge in [0.1, 0.15) is 5.75 Å². The number of fused-ring (bicyclic) bond motifs is 1. The van der Waals surface area contributed by atoms with Gasteiger partial charge >= 0.3 is 0 Å². The Hall–Kier alpha value is -3.93. The number of aromatic nitrogens is 2. The van der Waals surface area contributed by atoms with Crippen molar-refractivity contribution in [3.8, 4) is 5.75 Å². The highest BCUT2D eigenvalue weighted by Crippen LogP contribution is 2.20. The number of amides is 1. The summed E-state index contributed by atoms with van der Waals surface area (Å²) in [7, 11) is 0. The number of hydrogen-bond acceptors (Lipinski definition) is 4. The average Bonchev–Trinajstić information content (AvgIpc) is 3.16. The van der Waals surface area contributed by atoms with Crippen LogP contribution >= 0.6 is 0 Å². The minimum absolute atomic E-state index is 0.268. The molecule has 0 aliphatic heterocycles. The fourth-order valence-electron chi connectivity index (χ4n) is 3.23. The Kier molecular flexibility index (Phi) is 6.15. The Labute approximate surface area is 174 Å².